The first-order chi connectivity index (χ1) is 7.61. The molecule has 0 heterocycles. The summed E-state index contributed by atoms with van der Waals surface area (Å²) in [5.74, 6) is 1.32. The fourth-order valence-corrected chi connectivity index (χ4v) is 1.64. The van der Waals surface area contributed by atoms with Crippen molar-refractivity contribution >= 4 is 0 Å². The van der Waals surface area contributed by atoms with Crippen molar-refractivity contribution in [2.45, 2.75) is 40.5 Å². The molecule has 1 radical (unpaired) electrons. The normalized spacial score (nSPS) is 14.8. The van der Waals surface area contributed by atoms with Crippen molar-refractivity contribution in [3.8, 4) is 0 Å². The number of halogens is 2. The predicted molar refractivity (Wildman–Crippen MR) is 70.7 cm³/mol. The molecule has 0 aromatic carbocycles. The van der Waals surface area contributed by atoms with Crippen LogP contribution in [0.4, 0.5) is 0 Å². The van der Waals surface area contributed by atoms with Crippen LogP contribution in [0.15, 0.2) is 35.5 Å². The maximum absolute atomic E-state index is 3.26. The second-order valence-electron chi connectivity index (χ2n) is 4.79. The maximum atomic E-state index is 3.26. The van der Waals surface area contributed by atoms with Crippen LogP contribution in [0.1, 0.15) is 40.5 Å². The van der Waals surface area contributed by atoms with Crippen LogP contribution in [0.25, 0.3) is 0 Å². The summed E-state index contributed by atoms with van der Waals surface area (Å²) in [4.78, 5) is 0. The molecule has 0 aromatic heterocycles. The van der Waals surface area contributed by atoms with Gasteiger partial charge in [-0.25, -0.2) is 23.3 Å². The van der Waals surface area contributed by atoms with Gasteiger partial charge in [-0.05, 0) is 0 Å². The first-order valence-corrected chi connectivity index (χ1v) is 6.15. The third-order valence-corrected chi connectivity index (χ3v) is 2.69. The quantitative estimate of drug-likeness (QED) is 0.549. The smallest absolute Gasteiger partial charge is 1.00 e. The van der Waals surface area contributed by atoms with Crippen molar-refractivity contribution in [1.29, 1.82) is 0 Å². The van der Waals surface area contributed by atoms with Gasteiger partial charge < -0.3 is 24.8 Å². The molecule has 2 aliphatic rings. The second-order valence-corrected chi connectivity index (χ2v) is 4.79. The van der Waals surface area contributed by atoms with Gasteiger partial charge in [0.25, 0.3) is 0 Å². The first-order valence-electron chi connectivity index (χ1n) is 6.15. The van der Waals surface area contributed by atoms with E-state index >= 15 is 0 Å². The number of hydrogen-bond acceptors (Lipinski definition) is 0. The molecule has 2 aliphatic carbocycles. The third kappa shape index (κ3) is 9.63. The minimum atomic E-state index is 0. The number of hydrogen-bond donors (Lipinski definition) is 0. The number of allylic oxidation sites excluding steroid dienone is 8. The van der Waals surface area contributed by atoms with Gasteiger partial charge in [-0.2, -0.15) is 12.2 Å². The molecule has 0 nitrogen and oxygen atoms in total. The molecule has 0 aliphatic heterocycles. The fourth-order valence-electron chi connectivity index (χ4n) is 1.64. The Morgan fingerprint density at radius 3 is 1.21 bits per heavy atom. The topological polar surface area (TPSA) is 0 Å². The SMILES string of the molecule is CC(C)C1=[C-]CC=C1.CC(C)C1=[C-]CC=C1.[Cl-].[Cl-].[V+4]. The Labute approximate surface area is 143 Å². The summed E-state index contributed by atoms with van der Waals surface area (Å²) < 4.78 is 0. The fraction of sp³-hybridized carbons (Fsp3) is 0.500. The second kappa shape index (κ2) is 13.1. The van der Waals surface area contributed by atoms with Crippen molar-refractivity contribution in [3.63, 3.8) is 0 Å². The van der Waals surface area contributed by atoms with E-state index in [0.717, 1.165) is 12.8 Å². The van der Waals surface area contributed by atoms with E-state index < -0.39 is 0 Å². The molecule has 0 bridgehead atoms. The van der Waals surface area contributed by atoms with Gasteiger partial charge in [-0.15, -0.1) is 12.8 Å². The molecule has 0 atom stereocenters. The van der Waals surface area contributed by atoms with Crippen molar-refractivity contribution in [2.24, 2.45) is 11.8 Å². The van der Waals surface area contributed by atoms with Gasteiger partial charge in [-0.3, -0.25) is 12.2 Å². The summed E-state index contributed by atoms with van der Waals surface area (Å²) in [6.45, 7) is 8.77. The van der Waals surface area contributed by atoms with Gasteiger partial charge in [-0.1, -0.05) is 39.5 Å². The van der Waals surface area contributed by atoms with Crippen LogP contribution < -0.4 is 24.8 Å². The van der Waals surface area contributed by atoms with E-state index in [1.54, 1.807) is 0 Å². The zero-order chi connectivity index (χ0) is 12.0. The summed E-state index contributed by atoms with van der Waals surface area (Å²) in [7, 11) is 0. The molecule has 2 rings (SSSR count). The molecular weight excluding hydrogens is 314 g/mol. The Hall–Kier alpha value is 0.124. The average molecular weight is 336 g/mol. The van der Waals surface area contributed by atoms with Crippen LogP contribution in [0.3, 0.4) is 0 Å². The van der Waals surface area contributed by atoms with Crippen molar-refractivity contribution in [3.05, 3.63) is 47.6 Å². The van der Waals surface area contributed by atoms with Crippen LogP contribution in [0.2, 0.25) is 0 Å². The van der Waals surface area contributed by atoms with E-state index in [0.29, 0.717) is 11.8 Å². The molecule has 19 heavy (non-hydrogen) atoms. The molecule has 0 saturated heterocycles. The monoisotopic (exact) mass is 335 g/mol. The van der Waals surface area contributed by atoms with Gasteiger partial charge in [0.05, 0.1) is 0 Å². The summed E-state index contributed by atoms with van der Waals surface area (Å²) in [5.41, 5.74) is 2.73. The van der Waals surface area contributed by atoms with Crippen LogP contribution in [-0.4, -0.2) is 0 Å². The van der Waals surface area contributed by atoms with E-state index in [4.69, 9.17) is 0 Å². The molecule has 0 saturated carbocycles. The first kappa shape index (κ1) is 24.2. The van der Waals surface area contributed by atoms with Crippen molar-refractivity contribution < 1.29 is 43.4 Å². The third-order valence-electron chi connectivity index (χ3n) is 2.69. The zero-order valence-electron chi connectivity index (χ0n) is 12.1. The molecule has 0 aromatic rings. The van der Waals surface area contributed by atoms with Crippen LogP contribution in [0, 0.1) is 24.0 Å². The van der Waals surface area contributed by atoms with Crippen molar-refractivity contribution in [2.75, 3.05) is 0 Å². The Bertz CT molecular complexity index is 303. The van der Waals surface area contributed by atoms with Gasteiger partial charge in [0.2, 0.25) is 0 Å². The Morgan fingerprint density at radius 1 is 0.789 bits per heavy atom. The molecule has 0 amide bonds. The van der Waals surface area contributed by atoms with E-state index in [1.165, 1.54) is 11.1 Å². The minimum Gasteiger partial charge on any atom is -1.00 e. The molecule has 0 fully saturated rings. The van der Waals surface area contributed by atoms with Gasteiger partial charge in [0.15, 0.2) is 0 Å². The Morgan fingerprint density at radius 2 is 1.11 bits per heavy atom. The molecule has 105 valence electrons. The molecule has 0 spiro atoms. The van der Waals surface area contributed by atoms with Crippen LogP contribution in [-0.2, 0) is 18.6 Å². The van der Waals surface area contributed by atoms with Crippen LogP contribution in [0.5, 0.6) is 0 Å². The predicted octanol–water partition coefficient (Wildman–Crippen LogP) is -1.33. The maximum Gasteiger partial charge on any atom is 4.00 e. The summed E-state index contributed by atoms with van der Waals surface area (Å²) >= 11 is 0. The standard InChI is InChI=1S/2C8H11.2ClH.V/c2*1-7(2)8-5-3-4-6-8;;;/h2*3,5,7H,4H2,1-2H3;2*1H;/q2*-1;;;+4/p-2. The molecular formula is C16H22Cl2V. The van der Waals surface area contributed by atoms with E-state index in [2.05, 4.69) is 64.2 Å². The molecule has 3 heteroatoms. The molecule has 0 N–H and O–H groups in total. The van der Waals surface area contributed by atoms with Crippen LogP contribution >= 0.6 is 0 Å². The van der Waals surface area contributed by atoms with Gasteiger partial charge in [0.1, 0.15) is 0 Å². The average Bonchev–Trinajstić information content (AvgIpc) is 2.93. The van der Waals surface area contributed by atoms with Gasteiger partial charge in [0, 0.05) is 0 Å². The van der Waals surface area contributed by atoms with Crippen molar-refractivity contribution in [1.82, 2.24) is 0 Å². The zero-order valence-corrected chi connectivity index (χ0v) is 15.0. The van der Waals surface area contributed by atoms with E-state index in [9.17, 15) is 0 Å². The van der Waals surface area contributed by atoms with E-state index in [-0.39, 0.29) is 43.4 Å². The minimum absolute atomic E-state index is 0. The van der Waals surface area contributed by atoms with Gasteiger partial charge >= 0.3 is 18.6 Å². The Balaban J connectivity index is -0.000000233. The largest absolute Gasteiger partial charge is 4.00 e. The summed E-state index contributed by atoms with van der Waals surface area (Å²) in [5, 5.41) is 0. The summed E-state index contributed by atoms with van der Waals surface area (Å²) in [6.07, 6.45) is 17.2. The number of rotatable bonds is 2. The molecule has 0 unspecified atom stereocenters. The Kier molecular flexibility index (Phi) is 16.7. The van der Waals surface area contributed by atoms with E-state index in [1.807, 2.05) is 0 Å². The summed E-state index contributed by atoms with van der Waals surface area (Å²) in [6, 6.07) is 0.